The van der Waals surface area contributed by atoms with Crippen molar-refractivity contribution in [3.63, 3.8) is 0 Å². The highest BCUT2D eigenvalue weighted by Crippen LogP contribution is 2.22. The quantitative estimate of drug-likeness (QED) is 0.880. The molecule has 0 bridgehead atoms. The normalized spacial score (nSPS) is 13.9. The maximum atomic E-state index is 8.84. The molecular formula is C15H18N4O. The number of nitrogens with one attached hydrogen (secondary N) is 1. The Hall–Kier alpha value is -2.14. The van der Waals surface area contributed by atoms with Gasteiger partial charge in [0.1, 0.15) is 5.82 Å². The lowest BCUT2D eigenvalue weighted by atomic mass is 10.0. The van der Waals surface area contributed by atoms with Gasteiger partial charge in [-0.1, -0.05) is 24.3 Å². The highest BCUT2D eigenvalue weighted by atomic mass is 16.3. The lowest BCUT2D eigenvalue weighted by Crippen LogP contribution is -2.31. The summed E-state index contributed by atoms with van der Waals surface area (Å²) in [6, 6.07) is 10.3. The van der Waals surface area contributed by atoms with Crippen molar-refractivity contribution in [3.8, 4) is 0 Å². The monoisotopic (exact) mass is 270 g/mol. The fourth-order valence-corrected chi connectivity index (χ4v) is 2.45. The Kier molecular flexibility index (Phi) is 3.78. The van der Waals surface area contributed by atoms with Crippen molar-refractivity contribution in [3.05, 3.63) is 47.7 Å². The van der Waals surface area contributed by atoms with Crippen molar-refractivity contribution in [1.29, 1.82) is 0 Å². The highest BCUT2D eigenvalue weighted by Gasteiger charge is 2.18. The molecule has 0 saturated carbocycles. The van der Waals surface area contributed by atoms with Gasteiger partial charge in [-0.25, -0.2) is 4.98 Å². The van der Waals surface area contributed by atoms with E-state index in [1.807, 2.05) is 6.07 Å². The largest absolute Gasteiger partial charge is 0.395 e. The number of aliphatic hydroxyl groups excluding tert-OH is 1. The van der Waals surface area contributed by atoms with Crippen LogP contribution in [0.25, 0.3) is 0 Å². The second-order valence-corrected chi connectivity index (χ2v) is 4.83. The molecular weight excluding hydrogens is 252 g/mol. The molecule has 2 N–H and O–H groups in total. The fourth-order valence-electron chi connectivity index (χ4n) is 2.45. The highest BCUT2D eigenvalue weighted by molar-refractivity contribution is 5.44. The van der Waals surface area contributed by atoms with Gasteiger partial charge in [-0.15, -0.1) is 0 Å². The number of benzene rings is 1. The van der Waals surface area contributed by atoms with Crippen LogP contribution in [0.15, 0.2) is 36.5 Å². The molecule has 1 aliphatic heterocycles. The standard InChI is InChI=1S/C15H18N4O/c20-10-8-16-14-5-7-17-15(18-14)19-9-6-12-3-1-2-4-13(12)11-19/h1-5,7,20H,6,8-11H2,(H,16,17,18). The van der Waals surface area contributed by atoms with Gasteiger partial charge in [0.05, 0.1) is 6.61 Å². The molecule has 0 radical (unpaired) electrons. The Morgan fingerprint density at radius 1 is 1.20 bits per heavy atom. The summed E-state index contributed by atoms with van der Waals surface area (Å²) in [6.45, 7) is 2.37. The van der Waals surface area contributed by atoms with Crippen LogP contribution in [0.4, 0.5) is 11.8 Å². The minimum absolute atomic E-state index is 0.0937. The number of anilines is 2. The first-order chi connectivity index (χ1) is 9.86. The minimum atomic E-state index is 0.0937. The van der Waals surface area contributed by atoms with Gasteiger partial charge >= 0.3 is 0 Å². The summed E-state index contributed by atoms with van der Waals surface area (Å²) < 4.78 is 0. The number of rotatable bonds is 4. The molecule has 5 heteroatoms. The molecule has 104 valence electrons. The third-order valence-corrected chi connectivity index (χ3v) is 3.47. The number of nitrogens with zero attached hydrogens (tertiary/aromatic N) is 3. The molecule has 20 heavy (non-hydrogen) atoms. The van der Waals surface area contributed by atoms with Crippen LogP contribution in [0, 0.1) is 0 Å². The molecule has 5 nitrogen and oxygen atoms in total. The third kappa shape index (κ3) is 2.72. The Morgan fingerprint density at radius 3 is 2.90 bits per heavy atom. The Bertz CT molecular complexity index is 588. The Balaban J connectivity index is 1.77. The molecule has 0 fully saturated rings. The maximum Gasteiger partial charge on any atom is 0.227 e. The fraction of sp³-hybridized carbons (Fsp3) is 0.333. The van der Waals surface area contributed by atoms with Crippen molar-refractivity contribution in [2.45, 2.75) is 13.0 Å². The van der Waals surface area contributed by atoms with E-state index in [1.165, 1.54) is 11.1 Å². The summed E-state index contributed by atoms with van der Waals surface area (Å²) in [7, 11) is 0. The molecule has 0 unspecified atom stereocenters. The molecule has 0 amide bonds. The van der Waals surface area contributed by atoms with Gasteiger partial charge in [-0.2, -0.15) is 4.98 Å². The number of aliphatic hydroxyl groups is 1. The predicted octanol–water partition coefficient (Wildman–Crippen LogP) is 1.44. The second kappa shape index (κ2) is 5.88. The van der Waals surface area contributed by atoms with Gasteiger partial charge in [-0.3, -0.25) is 0 Å². The van der Waals surface area contributed by atoms with Crippen molar-refractivity contribution in [1.82, 2.24) is 9.97 Å². The van der Waals surface area contributed by atoms with Crippen LogP contribution in [0.2, 0.25) is 0 Å². The first kappa shape index (κ1) is 12.9. The molecule has 2 heterocycles. The van der Waals surface area contributed by atoms with Gasteiger partial charge in [0.2, 0.25) is 5.95 Å². The Labute approximate surface area is 118 Å². The van der Waals surface area contributed by atoms with Crippen LogP contribution in [0.1, 0.15) is 11.1 Å². The van der Waals surface area contributed by atoms with E-state index in [0.29, 0.717) is 6.54 Å². The van der Waals surface area contributed by atoms with E-state index in [1.54, 1.807) is 6.20 Å². The maximum absolute atomic E-state index is 8.84. The van der Waals surface area contributed by atoms with Crippen molar-refractivity contribution in [2.24, 2.45) is 0 Å². The zero-order valence-electron chi connectivity index (χ0n) is 11.3. The molecule has 0 spiro atoms. The minimum Gasteiger partial charge on any atom is -0.395 e. The first-order valence-electron chi connectivity index (χ1n) is 6.86. The van der Waals surface area contributed by atoms with Crippen LogP contribution >= 0.6 is 0 Å². The van der Waals surface area contributed by atoms with Crippen molar-refractivity contribution < 1.29 is 5.11 Å². The average Bonchev–Trinajstić information content (AvgIpc) is 2.53. The van der Waals surface area contributed by atoms with E-state index < -0.39 is 0 Å². The average molecular weight is 270 g/mol. The molecule has 0 atom stereocenters. The molecule has 1 aromatic heterocycles. The lowest BCUT2D eigenvalue weighted by Gasteiger charge is -2.28. The number of hydrogen-bond donors (Lipinski definition) is 2. The molecule has 0 saturated heterocycles. The summed E-state index contributed by atoms with van der Waals surface area (Å²) in [4.78, 5) is 11.0. The Morgan fingerprint density at radius 2 is 2.05 bits per heavy atom. The summed E-state index contributed by atoms with van der Waals surface area (Å²) in [5.41, 5.74) is 2.76. The summed E-state index contributed by atoms with van der Waals surface area (Å²) >= 11 is 0. The topological polar surface area (TPSA) is 61.3 Å². The van der Waals surface area contributed by atoms with E-state index >= 15 is 0 Å². The molecule has 2 aromatic rings. The molecule has 3 rings (SSSR count). The van der Waals surface area contributed by atoms with Crippen LogP contribution in [0.5, 0.6) is 0 Å². The lowest BCUT2D eigenvalue weighted by molar-refractivity contribution is 0.311. The number of fused-ring (bicyclic) bond motifs is 1. The van der Waals surface area contributed by atoms with Crippen molar-refractivity contribution in [2.75, 3.05) is 29.9 Å². The van der Waals surface area contributed by atoms with E-state index in [-0.39, 0.29) is 6.61 Å². The molecule has 0 aliphatic carbocycles. The van der Waals surface area contributed by atoms with Crippen LogP contribution in [0.3, 0.4) is 0 Å². The van der Waals surface area contributed by atoms with Gasteiger partial charge in [-0.05, 0) is 23.6 Å². The SMILES string of the molecule is OCCNc1ccnc(N2CCc3ccccc3C2)n1. The van der Waals surface area contributed by atoms with Crippen LogP contribution < -0.4 is 10.2 Å². The number of aromatic nitrogens is 2. The van der Waals surface area contributed by atoms with E-state index in [9.17, 15) is 0 Å². The van der Waals surface area contributed by atoms with E-state index in [2.05, 4.69) is 44.5 Å². The molecule has 1 aliphatic rings. The summed E-state index contributed by atoms with van der Waals surface area (Å²) in [5.74, 6) is 1.49. The third-order valence-electron chi connectivity index (χ3n) is 3.47. The smallest absolute Gasteiger partial charge is 0.227 e. The molecule has 1 aromatic carbocycles. The second-order valence-electron chi connectivity index (χ2n) is 4.83. The van der Waals surface area contributed by atoms with Gasteiger partial charge < -0.3 is 15.3 Å². The zero-order valence-corrected chi connectivity index (χ0v) is 11.3. The predicted molar refractivity (Wildman–Crippen MR) is 78.8 cm³/mol. The van der Waals surface area contributed by atoms with Crippen molar-refractivity contribution >= 4 is 11.8 Å². The van der Waals surface area contributed by atoms with Gasteiger partial charge in [0, 0.05) is 25.8 Å². The zero-order chi connectivity index (χ0) is 13.8. The van der Waals surface area contributed by atoms with Gasteiger partial charge in [0.25, 0.3) is 0 Å². The van der Waals surface area contributed by atoms with E-state index in [4.69, 9.17) is 5.11 Å². The van der Waals surface area contributed by atoms with Gasteiger partial charge in [0.15, 0.2) is 0 Å². The van der Waals surface area contributed by atoms with Crippen LogP contribution in [-0.4, -0.2) is 34.8 Å². The van der Waals surface area contributed by atoms with Crippen LogP contribution in [-0.2, 0) is 13.0 Å². The number of hydrogen-bond acceptors (Lipinski definition) is 5. The van der Waals surface area contributed by atoms with E-state index in [0.717, 1.165) is 31.3 Å². The first-order valence-corrected chi connectivity index (χ1v) is 6.86. The summed E-state index contributed by atoms with van der Waals surface area (Å²) in [5, 5.41) is 11.9. The summed E-state index contributed by atoms with van der Waals surface area (Å²) in [6.07, 6.45) is 2.77.